The maximum Gasteiger partial charge on any atom is 0.223 e. The molecule has 2 aromatic rings. The van der Waals surface area contributed by atoms with E-state index in [0.29, 0.717) is 29.7 Å². The van der Waals surface area contributed by atoms with Crippen molar-refractivity contribution >= 4 is 17.5 Å². The molecule has 0 atom stereocenters. The zero-order chi connectivity index (χ0) is 16.9. The van der Waals surface area contributed by atoms with E-state index in [9.17, 15) is 4.79 Å². The zero-order valence-electron chi connectivity index (χ0n) is 13.5. The van der Waals surface area contributed by atoms with Crippen LogP contribution in [0.25, 0.3) is 0 Å². The van der Waals surface area contributed by atoms with Gasteiger partial charge in [-0.25, -0.2) is 0 Å². The molecule has 1 aliphatic rings. The second-order valence-corrected chi connectivity index (χ2v) is 6.33. The molecule has 126 valence electrons. The molecule has 0 unspecified atom stereocenters. The van der Waals surface area contributed by atoms with Crippen molar-refractivity contribution in [3.63, 3.8) is 0 Å². The van der Waals surface area contributed by atoms with Gasteiger partial charge in [0.15, 0.2) is 0 Å². The Bertz CT molecular complexity index is 728. The fourth-order valence-electron chi connectivity index (χ4n) is 2.30. The molecule has 0 radical (unpaired) electrons. The van der Waals surface area contributed by atoms with E-state index < -0.39 is 0 Å². The highest BCUT2D eigenvalue weighted by Gasteiger charge is 2.29. The lowest BCUT2D eigenvalue weighted by Crippen LogP contribution is -2.29. The molecule has 0 bridgehead atoms. The van der Waals surface area contributed by atoms with Crippen LogP contribution < -0.4 is 14.8 Å². The minimum atomic E-state index is 0.117. The molecule has 24 heavy (non-hydrogen) atoms. The van der Waals surface area contributed by atoms with Gasteiger partial charge in [0.05, 0.1) is 11.6 Å². The lowest BCUT2D eigenvalue weighted by Gasteiger charge is -2.11. The van der Waals surface area contributed by atoms with Crippen molar-refractivity contribution in [1.29, 1.82) is 0 Å². The smallest absolute Gasteiger partial charge is 0.223 e. The normalized spacial score (nSPS) is 13.4. The summed E-state index contributed by atoms with van der Waals surface area (Å²) in [5, 5.41) is 3.33. The molecule has 0 saturated heterocycles. The van der Waals surface area contributed by atoms with Gasteiger partial charge in [-0.05, 0) is 49.6 Å². The minimum Gasteiger partial charge on any atom is -0.490 e. The summed E-state index contributed by atoms with van der Waals surface area (Å²) in [6.07, 6.45) is 2.00. The number of nitrogens with one attached hydrogen (secondary N) is 1. The predicted molar refractivity (Wildman–Crippen MR) is 93.9 cm³/mol. The van der Waals surface area contributed by atoms with Crippen LogP contribution in [0.2, 0.25) is 5.02 Å². The molecule has 1 N–H and O–H groups in total. The Morgan fingerprint density at radius 1 is 1.21 bits per heavy atom. The Labute approximate surface area is 146 Å². The third-order valence-electron chi connectivity index (χ3n) is 3.74. The summed E-state index contributed by atoms with van der Waals surface area (Å²) in [4.78, 5) is 11.5. The van der Waals surface area contributed by atoms with Crippen LogP contribution in [0.1, 0.15) is 18.4 Å². The average Bonchev–Trinajstić information content (AvgIpc) is 3.38. The molecule has 1 saturated carbocycles. The molecule has 0 heterocycles. The van der Waals surface area contributed by atoms with Crippen LogP contribution in [0.4, 0.5) is 0 Å². The van der Waals surface area contributed by atoms with Gasteiger partial charge in [0, 0.05) is 12.0 Å². The molecule has 0 spiro atoms. The van der Waals surface area contributed by atoms with E-state index in [2.05, 4.69) is 5.32 Å². The first-order chi connectivity index (χ1) is 11.6. The van der Waals surface area contributed by atoms with Gasteiger partial charge in [0.1, 0.15) is 23.9 Å². The predicted octanol–water partition coefficient (Wildman–Crippen LogP) is 4.35. The highest BCUT2D eigenvalue weighted by Crippen LogP contribution is 2.31. The Balaban J connectivity index is 1.51. The van der Waals surface area contributed by atoms with Crippen LogP contribution in [0, 0.1) is 12.8 Å². The highest BCUT2D eigenvalue weighted by atomic mass is 35.5. The average molecular weight is 346 g/mol. The summed E-state index contributed by atoms with van der Waals surface area (Å²) in [5.74, 6) is 2.33. The van der Waals surface area contributed by atoms with Gasteiger partial charge >= 0.3 is 0 Å². The molecule has 4 nitrogen and oxygen atoms in total. The van der Waals surface area contributed by atoms with E-state index in [-0.39, 0.29) is 11.8 Å². The number of aryl methyl sites for hydroxylation is 1. The lowest BCUT2D eigenvalue weighted by atomic mass is 10.2. The topological polar surface area (TPSA) is 47.6 Å². The fraction of sp³-hybridized carbons (Fsp3) is 0.316. The van der Waals surface area contributed by atoms with Crippen molar-refractivity contribution in [2.75, 3.05) is 13.2 Å². The fourth-order valence-corrected chi connectivity index (χ4v) is 2.53. The number of hydrogen-bond acceptors (Lipinski definition) is 3. The number of benzene rings is 2. The Morgan fingerprint density at radius 2 is 2.00 bits per heavy atom. The molecule has 5 heteroatoms. The van der Waals surface area contributed by atoms with Crippen LogP contribution >= 0.6 is 11.6 Å². The summed E-state index contributed by atoms with van der Waals surface area (Å²) in [7, 11) is 0. The number of ether oxygens (including phenoxy) is 2. The molecule has 3 rings (SSSR count). The molecule has 1 aliphatic carbocycles. The van der Waals surface area contributed by atoms with Crippen molar-refractivity contribution in [2.45, 2.75) is 19.8 Å². The third kappa shape index (κ3) is 4.65. The monoisotopic (exact) mass is 345 g/mol. The number of halogens is 1. The van der Waals surface area contributed by atoms with Gasteiger partial charge < -0.3 is 14.8 Å². The minimum absolute atomic E-state index is 0.117. The van der Waals surface area contributed by atoms with E-state index in [0.717, 1.165) is 24.2 Å². The quantitative estimate of drug-likeness (QED) is 0.759. The maximum absolute atomic E-state index is 11.5. The SMILES string of the molecule is Cc1cccc(Oc2ccc(OCCNC(=O)C3CC3)c(Cl)c2)c1. The standard InChI is InChI=1S/C19H20ClNO3/c1-13-3-2-4-15(11-13)24-16-7-8-18(17(20)12-16)23-10-9-21-19(22)14-5-6-14/h2-4,7-8,11-12,14H,5-6,9-10H2,1H3,(H,21,22). The highest BCUT2D eigenvalue weighted by molar-refractivity contribution is 6.32. The molecule has 0 aliphatic heterocycles. The molecular formula is C19H20ClNO3. The Hall–Kier alpha value is -2.20. The molecule has 1 fully saturated rings. The second kappa shape index (κ2) is 7.58. The number of rotatable bonds is 7. The van der Waals surface area contributed by atoms with Gasteiger partial charge in [-0.1, -0.05) is 23.7 Å². The number of carbonyl (C=O) groups is 1. The van der Waals surface area contributed by atoms with Crippen LogP contribution in [-0.2, 0) is 4.79 Å². The summed E-state index contributed by atoms with van der Waals surface area (Å²) >= 11 is 6.24. The first-order valence-electron chi connectivity index (χ1n) is 8.06. The van der Waals surface area contributed by atoms with Crippen LogP contribution in [0.3, 0.4) is 0 Å². The van der Waals surface area contributed by atoms with Crippen molar-refractivity contribution in [3.05, 3.63) is 53.1 Å². The van der Waals surface area contributed by atoms with Gasteiger partial charge in [0.25, 0.3) is 0 Å². The van der Waals surface area contributed by atoms with E-state index in [4.69, 9.17) is 21.1 Å². The number of hydrogen-bond donors (Lipinski definition) is 1. The van der Waals surface area contributed by atoms with E-state index in [1.165, 1.54) is 0 Å². The van der Waals surface area contributed by atoms with E-state index in [1.807, 2.05) is 37.3 Å². The summed E-state index contributed by atoms with van der Waals surface area (Å²) < 4.78 is 11.4. The van der Waals surface area contributed by atoms with E-state index >= 15 is 0 Å². The van der Waals surface area contributed by atoms with Gasteiger partial charge in [-0.3, -0.25) is 4.79 Å². The van der Waals surface area contributed by atoms with Crippen molar-refractivity contribution in [1.82, 2.24) is 5.32 Å². The first-order valence-corrected chi connectivity index (χ1v) is 8.44. The van der Waals surface area contributed by atoms with Gasteiger partial charge in [-0.15, -0.1) is 0 Å². The Morgan fingerprint density at radius 3 is 2.71 bits per heavy atom. The van der Waals surface area contributed by atoms with Crippen LogP contribution in [0.15, 0.2) is 42.5 Å². The van der Waals surface area contributed by atoms with Gasteiger partial charge in [-0.2, -0.15) is 0 Å². The van der Waals surface area contributed by atoms with Crippen LogP contribution in [-0.4, -0.2) is 19.1 Å². The zero-order valence-corrected chi connectivity index (χ0v) is 14.3. The summed E-state index contributed by atoms with van der Waals surface area (Å²) in [5.41, 5.74) is 1.13. The number of amides is 1. The Kier molecular flexibility index (Phi) is 5.26. The van der Waals surface area contributed by atoms with Crippen molar-refractivity contribution < 1.29 is 14.3 Å². The lowest BCUT2D eigenvalue weighted by molar-refractivity contribution is -0.122. The summed E-state index contributed by atoms with van der Waals surface area (Å²) in [6, 6.07) is 13.1. The van der Waals surface area contributed by atoms with Crippen molar-refractivity contribution in [3.8, 4) is 17.2 Å². The molecule has 0 aromatic heterocycles. The third-order valence-corrected chi connectivity index (χ3v) is 4.03. The number of carbonyl (C=O) groups excluding carboxylic acids is 1. The molecule has 2 aromatic carbocycles. The first kappa shape index (κ1) is 16.7. The molecule has 1 amide bonds. The van der Waals surface area contributed by atoms with E-state index in [1.54, 1.807) is 12.1 Å². The molecular weight excluding hydrogens is 326 g/mol. The largest absolute Gasteiger partial charge is 0.490 e. The van der Waals surface area contributed by atoms with Crippen molar-refractivity contribution in [2.24, 2.45) is 5.92 Å². The summed E-state index contributed by atoms with van der Waals surface area (Å²) in [6.45, 7) is 2.88. The maximum atomic E-state index is 11.5. The second-order valence-electron chi connectivity index (χ2n) is 5.92. The van der Waals surface area contributed by atoms with Gasteiger partial charge in [0.2, 0.25) is 5.91 Å². The van der Waals surface area contributed by atoms with Crippen LogP contribution in [0.5, 0.6) is 17.2 Å².